The van der Waals surface area contributed by atoms with E-state index >= 15 is 0 Å². The van der Waals surface area contributed by atoms with Crippen LogP contribution in [0.2, 0.25) is 0 Å². The largest absolute Gasteiger partial charge is 0.400 e. The summed E-state index contributed by atoms with van der Waals surface area (Å²) >= 11 is 0. The van der Waals surface area contributed by atoms with E-state index in [1.807, 2.05) is 0 Å². The zero-order valence-electron chi connectivity index (χ0n) is 7.95. The van der Waals surface area contributed by atoms with E-state index in [1.54, 1.807) is 6.07 Å². The number of nitrogens with zero attached hydrogens (tertiary/aromatic N) is 1. The third-order valence-corrected chi connectivity index (χ3v) is 2.23. The Labute approximate surface area is 89.0 Å². The molecular formula is C10H7F3N2O. The second-order valence-electron chi connectivity index (χ2n) is 3.31. The highest BCUT2D eigenvalue weighted by Gasteiger charge is 2.41. The summed E-state index contributed by atoms with van der Waals surface area (Å²) in [6.45, 7) is 0. The Hall–Kier alpha value is -1.85. The van der Waals surface area contributed by atoms with Crippen LogP contribution in [0.25, 0.3) is 0 Å². The Morgan fingerprint density at radius 2 is 1.94 bits per heavy atom. The van der Waals surface area contributed by atoms with E-state index in [2.05, 4.69) is 10.3 Å². The minimum Gasteiger partial charge on any atom is -0.306 e. The van der Waals surface area contributed by atoms with Crippen molar-refractivity contribution in [3.8, 4) is 0 Å². The van der Waals surface area contributed by atoms with Crippen LogP contribution >= 0.6 is 0 Å². The zero-order valence-corrected chi connectivity index (χ0v) is 7.95. The van der Waals surface area contributed by atoms with Gasteiger partial charge in [-0.2, -0.15) is 13.2 Å². The van der Waals surface area contributed by atoms with Crippen molar-refractivity contribution in [1.82, 2.24) is 0 Å². The van der Waals surface area contributed by atoms with E-state index in [1.165, 1.54) is 18.2 Å². The summed E-state index contributed by atoms with van der Waals surface area (Å²) in [6.07, 6.45) is -3.83. The molecule has 6 heteroatoms. The monoisotopic (exact) mass is 228 g/mol. The molecule has 1 N–H and O–H groups in total. The number of rotatable bonds is 0. The van der Waals surface area contributed by atoms with Crippen molar-refractivity contribution in [2.75, 3.05) is 5.32 Å². The van der Waals surface area contributed by atoms with Crippen LogP contribution in [0.3, 0.4) is 0 Å². The van der Waals surface area contributed by atoms with E-state index in [0.717, 1.165) is 0 Å². The number of urea groups is 1. The molecule has 1 aromatic rings. The molecule has 1 unspecified atom stereocenters. The van der Waals surface area contributed by atoms with Gasteiger partial charge >= 0.3 is 12.2 Å². The lowest BCUT2D eigenvalue weighted by Gasteiger charge is -2.17. The molecule has 0 bridgehead atoms. The topological polar surface area (TPSA) is 41.5 Å². The standard InChI is InChI=1S/C10H7F3N2O/c11-10(12,13)7-5-14-9(16)15-8-4-2-1-3-6(7)8/h1-5,7H,(H,15,16). The van der Waals surface area contributed by atoms with Crippen LogP contribution in [0.15, 0.2) is 29.3 Å². The first kappa shape index (κ1) is 10.7. The fraction of sp³-hybridized carbons (Fsp3) is 0.200. The van der Waals surface area contributed by atoms with Gasteiger partial charge in [0.15, 0.2) is 0 Å². The predicted molar refractivity (Wildman–Crippen MR) is 52.7 cm³/mol. The van der Waals surface area contributed by atoms with Crippen LogP contribution in [0.1, 0.15) is 11.5 Å². The first-order valence-electron chi connectivity index (χ1n) is 4.49. The van der Waals surface area contributed by atoms with Gasteiger partial charge in [0, 0.05) is 11.9 Å². The molecule has 0 fully saturated rings. The fourth-order valence-corrected chi connectivity index (χ4v) is 1.51. The van der Waals surface area contributed by atoms with Crippen molar-refractivity contribution >= 4 is 17.9 Å². The number of aliphatic imine (C=N–C) groups is 1. The maximum atomic E-state index is 12.7. The number of halogens is 3. The van der Waals surface area contributed by atoms with E-state index in [-0.39, 0.29) is 11.3 Å². The molecule has 1 atom stereocenters. The third-order valence-electron chi connectivity index (χ3n) is 2.23. The molecule has 0 spiro atoms. The van der Waals surface area contributed by atoms with Gasteiger partial charge in [-0.15, -0.1) is 0 Å². The van der Waals surface area contributed by atoms with E-state index in [9.17, 15) is 18.0 Å². The van der Waals surface area contributed by atoms with Gasteiger partial charge < -0.3 is 5.32 Å². The first-order chi connectivity index (χ1) is 7.48. The Kier molecular flexibility index (Phi) is 2.41. The third kappa shape index (κ3) is 1.91. The highest BCUT2D eigenvalue weighted by Crippen LogP contribution is 2.37. The zero-order chi connectivity index (χ0) is 11.8. The summed E-state index contributed by atoms with van der Waals surface area (Å²) in [7, 11) is 0. The lowest BCUT2D eigenvalue weighted by Crippen LogP contribution is -2.21. The fourth-order valence-electron chi connectivity index (χ4n) is 1.51. The number of carbonyl (C=O) groups excluding carboxylic acids is 1. The molecule has 3 nitrogen and oxygen atoms in total. The molecule has 1 heterocycles. The SMILES string of the molecule is O=C1N=CC(C(F)(F)F)c2ccccc2N1. The Bertz CT molecular complexity index is 454. The van der Waals surface area contributed by atoms with Crippen LogP contribution in [-0.4, -0.2) is 18.4 Å². The highest BCUT2D eigenvalue weighted by atomic mass is 19.4. The number of benzene rings is 1. The van der Waals surface area contributed by atoms with E-state index in [0.29, 0.717) is 6.21 Å². The maximum absolute atomic E-state index is 12.7. The summed E-state index contributed by atoms with van der Waals surface area (Å²) in [5.74, 6) is -1.84. The number of alkyl halides is 3. The number of hydrogen-bond donors (Lipinski definition) is 1. The number of para-hydroxylation sites is 1. The van der Waals surface area contributed by atoms with Crippen LogP contribution in [-0.2, 0) is 0 Å². The van der Waals surface area contributed by atoms with Crippen molar-refractivity contribution in [2.24, 2.45) is 4.99 Å². The van der Waals surface area contributed by atoms with Crippen molar-refractivity contribution in [1.29, 1.82) is 0 Å². The van der Waals surface area contributed by atoms with Gasteiger partial charge in [-0.25, -0.2) is 9.79 Å². The van der Waals surface area contributed by atoms with Crippen molar-refractivity contribution in [3.05, 3.63) is 29.8 Å². The summed E-state index contributed by atoms with van der Waals surface area (Å²) in [5.41, 5.74) is 0.150. The summed E-state index contributed by atoms with van der Waals surface area (Å²) in [6, 6.07) is 4.99. The molecule has 16 heavy (non-hydrogen) atoms. The van der Waals surface area contributed by atoms with Crippen molar-refractivity contribution < 1.29 is 18.0 Å². The molecular weight excluding hydrogens is 221 g/mol. The molecule has 2 amide bonds. The molecule has 84 valence electrons. The van der Waals surface area contributed by atoms with Crippen molar-refractivity contribution in [3.63, 3.8) is 0 Å². The average molecular weight is 228 g/mol. The Morgan fingerprint density at radius 3 is 2.62 bits per heavy atom. The summed E-state index contributed by atoms with van der Waals surface area (Å²) < 4.78 is 38.1. The average Bonchev–Trinajstić information content (AvgIpc) is 2.34. The van der Waals surface area contributed by atoms with Gasteiger partial charge in [0.05, 0.1) is 0 Å². The second-order valence-corrected chi connectivity index (χ2v) is 3.31. The number of carbonyl (C=O) groups is 1. The van der Waals surface area contributed by atoms with Crippen molar-refractivity contribution in [2.45, 2.75) is 12.1 Å². The molecule has 0 saturated carbocycles. The quantitative estimate of drug-likeness (QED) is 0.728. The van der Waals surface area contributed by atoms with Gasteiger partial charge in [0.1, 0.15) is 5.92 Å². The molecule has 0 radical (unpaired) electrons. The molecule has 1 aliphatic rings. The summed E-state index contributed by atoms with van der Waals surface area (Å²) in [4.78, 5) is 14.2. The lowest BCUT2D eigenvalue weighted by molar-refractivity contribution is -0.133. The van der Waals surface area contributed by atoms with Gasteiger partial charge in [-0.3, -0.25) is 0 Å². The Balaban J connectivity index is 2.54. The van der Waals surface area contributed by atoms with Crippen LogP contribution < -0.4 is 5.32 Å². The molecule has 1 aliphatic heterocycles. The highest BCUT2D eigenvalue weighted by molar-refractivity contribution is 5.99. The number of amides is 2. The smallest absolute Gasteiger partial charge is 0.306 e. The van der Waals surface area contributed by atoms with Crippen LogP contribution in [0, 0.1) is 0 Å². The summed E-state index contributed by atoms with van der Waals surface area (Å²) in [5, 5.41) is 2.29. The van der Waals surface area contributed by atoms with Gasteiger partial charge in [0.25, 0.3) is 0 Å². The number of fused-ring (bicyclic) bond motifs is 1. The lowest BCUT2D eigenvalue weighted by atomic mass is 9.98. The molecule has 1 aromatic carbocycles. The molecule has 0 aliphatic carbocycles. The molecule has 0 aromatic heterocycles. The first-order valence-corrected chi connectivity index (χ1v) is 4.49. The molecule has 2 rings (SSSR count). The minimum absolute atomic E-state index is 0.00426. The molecule has 0 saturated heterocycles. The number of anilines is 1. The second kappa shape index (κ2) is 3.62. The van der Waals surface area contributed by atoms with Gasteiger partial charge in [-0.1, -0.05) is 18.2 Å². The number of hydrogen-bond acceptors (Lipinski definition) is 1. The van der Waals surface area contributed by atoms with Gasteiger partial charge in [-0.05, 0) is 11.6 Å². The minimum atomic E-state index is -4.45. The maximum Gasteiger partial charge on any atom is 0.400 e. The predicted octanol–water partition coefficient (Wildman–Crippen LogP) is 2.95. The Morgan fingerprint density at radius 1 is 1.25 bits per heavy atom. The van der Waals surface area contributed by atoms with E-state index < -0.39 is 18.1 Å². The number of nitrogens with one attached hydrogen (secondary N) is 1. The van der Waals surface area contributed by atoms with E-state index in [4.69, 9.17) is 0 Å². The van der Waals surface area contributed by atoms with Crippen LogP contribution in [0.5, 0.6) is 0 Å². The normalized spacial score (nSPS) is 19.9. The van der Waals surface area contributed by atoms with Crippen LogP contribution in [0.4, 0.5) is 23.7 Å². The van der Waals surface area contributed by atoms with Gasteiger partial charge in [0.2, 0.25) is 0 Å².